The van der Waals surface area contributed by atoms with Gasteiger partial charge in [0.25, 0.3) is 0 Å². The maximum Gasteiger partial charge on any atom is 0.225 e. The van der Waals surface area contributed by atoms with Crippen molar-refractivity contribution in [3.8, 4) is 0 Å². The number of amides is 1. The Bertz CT molecular complexity index is 147. The van der Waals surface area contributed by atoms with Crippen LogP contribution in [0.25, 0.3) is 0 Å². The minimum atomic E-state index is -0.722. The second kappa shape index (κ2) is 8.84. The van der Waals surface area contributed by atoms with Crippen LogP contribution in [0.5, 0.6) is 0 Å². The van der Waals surface area contributed by atoms with Gasteiger partial charge in [0.05, 0.1) is 26.4 Å². The van der Waals surface area contributed by atoms with Crippen LogP contribution in [0.4, 0.5) is 13.2 Å². The molecule has 2 nitrogen and oxygen atoms in total. The van der Waals surface area contributed by atoms with Crippen LogP contribution < -0.4 is 0 Å². The molecule has 0 aromatic carbocycles. The van der Waals surface area contributed by atoms with Crippen molar-refractivity contribution in [3.05, 3.63) is 0 Å². The average Bonchev–Trinajstić information content (AvgIpc) is 2.18. The van der Waals surface area contributed by atoms with Crippen molar-refractivity contribution in [2.24, 2.45) is 0 Å². The Balaban J connectivity index is 3.88. The number of hydrogen-bond donors (Lipinski definition) is 0. The van der Waals surface area contributed by atoms with E-state index in [0.29, 0.717) is 0 Å². The summed E-state index contributed by atoms with van der Waals surface area (Å²) in [5.74, 6) is -0.366. The number of alkyl halides is 3. The molecule has 84 valence electrons. The summed E-state index contributed by atoms with van der Waals surface area (Å²) in [6.45, 7) is -1.27. The van der Waals surface area contributed by atoms with Gasteiger partial charge in [-0.1, -0.05) is 0 Å². The highest BCUT2D eigenvalue weighted by molar-refractivity contribution is 5.76. The standard InChI is InChI=1S/C9H16F3NO/c10-4-1-7-13(8-2-5-11)9(14)3-6-12/h1-8H2. The van der Waals surface area contributed by atoms with Crippen molar-refractivity contribution in [1.29, 1.82) is 0 Å². The van der Waals surface area contributed by atoms with Crippen molar-refractivity contribution in [1.82, 2.24) is 4.90 Å². The molecule has 0 aromatic rings. The first-order valence-electron chi connectivity index (χ1n) is 4.72. The molecule has 5 heteroatoms. The molecule has 0 aliphatic rings. The lowest BCUT2D eigenvalue weighted by Crippen LogP contribution is -2.33. The second-order valence-corrected chi connectivity index (χ2v) is 2.90. The molecule has 0 radical (unpaired) electrons. The zero-order chi connectivity index (χ0) is 10.8. The third-order valence-electron chi connectivity index (χ3n) is 1.78. The Hall–Kier alpha value is -0.740. The molecule has 0 aliphatic heterocycles. The van der Waals surface area contributed by atoms with Gasteiger partial charge in [-0.25, -0.2) is 0 Å². The van der Waals surface area contributed by atoms with E-state index in [2.05, 4.69) is 0 Å². The van der Waals surface area contributed by atoms with Gasteiger partial charge in [0, 0.05) is 13.1 Å². The van der Waals surface area contributed by atoms with Gasteiger partial charge in [0.2, 0.25) is 5.91 Å². The molecule has 0 aromatic heterocycles. The fourth-order valence-electron chi connectivity index (χ4n) is 1.10. The first-order chi connectivity index (χ1) is 6.76. The third-order valence-corrected chi connectivity index (χ3v) is 1.78. The summed E-state index contributed by atoms with van der Waals surface area (Å²) in [6, 6.07) is 0. The van der Waals surface area contributed by atoms with Crippen LogP contribution in [-0.2, 0) is 4.79 Å². The molecule has 1 amide bonds. The summed E-state index contributed by atoms with van der Waals surface area (Å²) in [5, 5.41) is 0. The largest absolute Gasteiger partial charge is 0.342 e. The maximum atomic E-state index is 11.9. The Kier molecular flexibility index (Phi) is 8.37. The minimum Gasteiger partial charge on any atom is -0.342 e. The van der Waals surface area contributed by atoms with Crippen molar-refractivity contribution >= 4 is 5.91 Å². The Morgan fingerprint density at radius 2 is 1.43 bits per heavy atom. The second-order valence-electron chi connectivity index (χ2n) is 2.90. The summed E-state index contributed by atoms with van der Waals surface area (Å²) in [6.07, 6.45) is 0.257. The van der Waals surface area contributed by atoms with Crippen LogP contribution in [-0.4, -0.2) is 43.9 Å². The number of nitrogens with zero attached hydrogens (tertiary/aromatic N) is 1. The van der Waals surface area contributed by atoms with Crippen LogP contribution in [0.3, 0.4) is 0 Å². The van der Waals surface area contributed by atoms with E-state index >= 15 is 0 Å². The van der Waals surface area contributed by atoms with E-state index in [1.165, 1.54) is 4.90 Å². The molecule has 0 saturated heterocycles. The summed E-state index contributed by atoms with van der Waals surface area (Å²) in [5.41, 5.74) is 0. The van der Waals surface area contributed by atoms with Gasteiger partial charge in [-0.2, -0.15) is 0 Å². The molecule has 0 N–H and O–H groups in total. The zero-order valence-electron chi connectivity index (χ0n) is 8.15. The number of hydrogen-bond acceptors (Lipinski definition) is 1. The van der Waals surface area contributed by atoms with E-state index in [4.69, 9.17) is 0 Å². The Labute approximate surface area is 82.1 Å². The molecule has 0 fully saturated rings. The number of halogens is 3. The van der Waals surface area contributed by atoms with Gasteiger partial charge >= 0.3 is 0 Å². The molecule has 0 saturated carbocycles. The lowest BCUT2D eigenvalue weighted by molar-refractivity contribution is -0.131. The average molecular weight is 211 g/mol. The molecule has 0 atom stereocenters. The van der Waals surface area contributed by atoms with E-state index in [9.17, 15) is 18.0 Å². The molecule has 0 rings (SSSR count). The van der Waals surface area contributed by atoms with Gasteiger partial charge in [-0.15, -0.1) is 0 Å². The zero-order valence-corrected chi connectivity index (χ0v) is 8.15. The lowest BCUT2D eigenvalue weighted by atomic mass is 10.3. The Morgan fingerprint density at radius 1 is 0.929 bits per heavy atom. The molecule has 0 heterocycles. The summed E-state index contributed by atoms with van der Waals surface area (Å²) in [4.78, 5) is 12.5. The van der Waals surface area contributed by atoms with Crippen molar-refractivity contribution in [2.45, 2.75) is 19.3 Å². The highest BCUT2D eigenvalue weighted by Crippen LogP contribution is 2.00. The number of carbonyl (C=O) groups is 1. The fraction of sp³-hybridized carbons (Fsp3) is 0.889. The minimum absolute atomic E-state index is 0.196. The highest BCUT2D eigenvalue weighted by Gasteiger charge is 2.11. The maximum absolute atomic E-state index is 11.9. The molecule has 0 unspecified atom stereocenters. The van der Waals surface area contributed by atoms with E-state index in [0.717, 1.165) is 0 Å². The number of carbonyl (C=O) groups excluding carboxylic acids is 1. The quantitative estimate of drug-likeness (QED) is 0.600. The summed E-state index contributed by atoms with van der Waals surface area (Å²) in [7, 11) is 0. The highest BCUT2D eigenvalue weighted by atomic mass is 19.1. The van der Waals surface area contributed by atoms with Crippen LogP contribution >= 0.6 is 0 Å². The number of rotatable bonds is 8. The van der Waals surface area contributed by atoms with Crippen LogP contribution in [0.2, 0.25) is 0 Å². The van der Waals surface area contributed by atoms with E-state index < -0.39 is 20.0 Å². The van der Waals surface area contributed by atoms with E-state index in [1.54, 1.807) is 0 Å². The van der Waals surface area contributed by atoms with Gasteiger partial charge in [-0.05, 0) is 12.8 Å². The monoisotopic (exact) mass is 211 g/mol. The van der Waals surface area contributed by atoms with Crippen LogP contribution in [0, 0.1) is 0 Å². The van der Waals surface area contributed by atoms with Crippen molar-refractivity contribution in [3.63, 3.8) is 0 Å². The van der Waals surface area contributed by atoms with Gasteiger partial charge < -0.3 is 4.90 Å². The first kappa shape index (κ1) is 13.3. The van der Waals surface area contributed by atoms with Crippen LogP contribution in [0.1, 0.15) is 19.3 Å². The van der Waals surface area contributed by atoms with E-state index in [1.807, 2.05) is 0 Å². The third kappa shape index (κ3) is 5.83. The lowest BCUT2D eigenvalue weighted by Gasteiger charge is -2.21. The van der Waals surface area contributed by atoms with E-state index in [-0.39, 0.29) is 38.3 Å². The first-order valence-corrected chi connectivity index (χ1v) is 4.72. The van der Waals surface area contributed by atoms with Crippen molar-refractivity contribution in [2.75, 3.05) is 33.1 Å². The Morgan fingerprint density at radius 3 is 1.79 bits per heavy atom. The molecular weight excluding hydrogens is 195 g/mol. The summed E-state index contributed by atoms with van der Waals surface area (Å²) < 4.78 is 35.5. The summed E-state index contributed by atoms with van der Waals surface area (Å²) >= 11 is 0. The van der Waals surface area contributed by atoms with Gasteiger partial charge in [0.1, 0.15) is 0 Å². The normalized spacial score (nSPS) is 10.2. The predicted octanol–water partition coefficient (Wildman–Crippen LogP) is 1.89. The molecular formula is C9H16F3NO. The molecule has 14 heavy (non-hydrogen) atoms. The van der Waals surface area contributed by atoms with Gasteiger partial charge in [0.15, 0.2) is 0 Å². The topological polar surface area (TPSA) is 20.3 Å². The van der Waals surface area contributed by atoms with Gasteiger partial charge in [-0.3, -0.25) is 18.0 Å². The smallest absolute Gasteiger partial charge is 0.225 e. The fourth-order valence-corrected chi connectivity index (χ4v) is 1.10. The molecule has 0 aliphatic carbocycles. The SMILES string of the molecule is O=C(CCF)N(CCCF)CCCF. The molecule has 0 bridgehead atoms. The van der Waals surface area contributed by atoms with Crippen molar-refractivity contribution < 1.29 is 18.0 Å². The predicted molar refractivity (Wildman–Crippen MR) is 48.4 cm³/mol. The molecule has 0 spiro atoms. The van der Waals surface area contributed by atoms with Crippen LogP contribution in [0.15, 0.2) is 0 Å².